The van der Waals surface area contributed by atoms with Gasteiger partial charge in [-0.05, 0) is 31.4 Å². The summed E-state index contributed by atoms with van der Waals surface area (Å²) in [6, 6.07) is 6.29. The second-order valence-corrected chi connectivity index (χ2v) is 4.19. The molecule has 0 radical (unpaired) electrons. The molecular weight excluding hydrogens is 200 g/mol. The average molecular weight is 218 g/mol. The highest BCUT2D eigenvalue weighted by molar-refractivity contribution is 5.93. The number of nitrogens with one attached hydrogen (secondary N) is 1. The van der Waals surface area contributed by atoms with Crippen LogP contribution < -0.4 is 10.6 Å². The monoisotopic (exact) mass is 218 g/mol. The molecule has 0 amide bonds. The van der Waals surface area contributed by atoms with Gasteiger partial charge in [0.25, 0.3) is 0 Å². The SMILES string of the molecule is CCC1CCCN1c1cccc(C(=N)N)n1. The molecule has 4 heteroatoms. The minimum atomic E-state index is 0.0362. The van der Waals surface area contributed by atoms with Gasteiger partial charge in [-0.15, -0.1) is 0 Å². The summed E-state index contributed by atoms with van der Waals surface area (Å²) in [5.74, 6) is 0.992. The first-order valence-corrected chi connectivity index (χ1v) is 5.80. The van der Waals surface area contributed by atoms with Gasteiger partial charge < -0.3 is 10.6 Å². The van der Waals surface area contributed by atoms with Crippen LogP contribution in [0.2, 0.25) is 0 Å². The van der Waals surface area contributed by atoms with E-state index in [0.717, 1.165) is 18.8 Å². The molecule has 1 fully saturated rings. The molecule has 1 saturated heterocycles. The fourth-order valence-electron chi connectivity index (χ4n) is 2.30. The molecule has 0 aliphatic carbocycles. The Morgan fingerprint density at radius 2 is 2.44 bits per heavy atom. The van der Waals surface area contributed by atoms with E-state index in [4.69, 9.17) is 11.1 Å². The number of hydrogen-bond donors (Lipinski definition) is 2. The van der Waals surface area contributed by atoms with Crippen LogP contribution in [-0.4, -0.2) is 23.4 Å². The molecule has 1 aliphatic rings. The lowest BCUT2D eigenvalue weighted by Crippen LogP contribution is -2.29. The van der Waals surface area contributed by atoms with Gasteiger partial charge in [-0.2, -0.15) is 0 Å². The van der Waals surface area contributed by atoms with Gasteiger partial charge in [0, 0.05) is 12.6 Å². The molecule has 0 aromatic carbocycles. The van der Waals surface area contributed by atoms with E-state index in [1.807, 2.05) is 12.1 Å². The average Bonchev–Trinajstić information content (AvgIpc) is 2.77. The zero-order valence-corrected chi connectivity index (χ0v) is 9.61. The van der Waals surface area contributed by atoms with E-state index >= 15 is 0 Å². The van der Waals surface area contributed by atoms with E-state index in [2.05, 4.69) is 16.8 Å². The largest absolute Gasteiger partial charge is 0.382 e. The van der Waals surface area contributed by atoms with Crippen LogP contribution in [0.5, 0.6) is 0 Å². The lowest BCUT2D eigenvalue weighted by Gasteiger charge is -2.24. The zero-order valence-electron chi connectivity index (χ0n) is 9.61. The summed E-state index contributed by atoms with van der Waals surface area (Å²) in [4.78, 5) is 6.75. The maximum atomic E-state index is 7.39. The highest BCUT2D eigenvalue weighted by Gasteiger charge is 2.23. The van der Waals surface area contributed by atoms with Crippen molar-refractivity contribution < 1.29 is 0 Å². The van der Waals surface area contributed by atoms with Gasteiger partial charge in [-0.1, -0.05) is 13.0 Å². The van der Waals surface area contributed by atoms with Crippen molar-refractivity contribution in [1.82, 2.24) is 4.98 Å². The van der Waals surface area contributed by atoms with Crippen LogP contribution in [0.4, 0.5) is 5.82 Å². The standard InChI is InChI=1S/C12H18N4/c1-2-9-5-4-8-16(9)11-7-3-6-10(15-11)12(13)14/h3,6-7,9H,2,4-5,8H2,1H3,(H3,13,14). The fraction of sp³-hybridized carbons (Fsp3) is 0.500. The van der Waals surface area contributed by atoms with Crippen molar-refractivity contribution in [3.63, 3.8) is 0 Å². The summed E-state index contributed by atoms with van der Waals surface area (Å²) in [6.07, 6.45) is 3.61. The number of nitrogens with zero attached hydrogens (tertiary/aromatic N) is 2. The number of nitrogen functional groups attached to an aromatic ring is 1. The predicted octanol–water partition coefficient (Wildman–Crippen LogP) is 1.74. The number of rotatable bonds is 3. The Balaban J connectivity index is 2.26. The zero-order chi connectivity index (χ0) is 11.5. The van der Waals surface area contributed by atoms with Crippen LogP contribution in [0.25, 0.3) is 0 Å². The smallest absolute Gasteiger partial charge is 0.141 e. The van der Waals surface area contributed by atoms with Crippen LogP contribution in [0.15, 0.2) is 18.2 Å². The molecule has 2 rings (SSSR count). The molecular formula is C12H18N4. The Bertz CT molecular complexity index is 388. The van der Waals surface area contributed by atoms with Gasteiger partial charge in [0.15, 0.2) is 0 Å². The third-order valence-corrected chi connectivity index (χ3v) is 3.15. The topological polar surface area (TPSA) is 66.0 Å². The van der Waals surface area contributed by atoms with Crippen molar-refractivity contribution in [2.45, 2.75) is 32.2 Å². The minimum absolute atomic E-state index is 0.0362. The third-order valence-electron chi connectivity index (χ3n) is 3.15. The van der Waals surface area contributed by atoms with Crippen LogP contribution >= 0.6 is 0 Å². The first-order chi connectivity index (χ1) is 7.72. The molecule has 0 spiro atoms. The molecule has 1 aliphatic heterocycles. The second-order valence-electron chi connectivity index (χ2n) is 4.19. The van der Waals surface area contributed by atoms with Crippen molar-refractivity contribution in [2.24, 2.45) is 5.73 Å². The Labute approximate surface area is 96.0 Å². The Hall–Kier alpha value is -1.58. The quantitative estimate of drug-likeness (QED) is 0.600. The molecule has 0 saturated carbocycles. The molecule has 1 unspecified atom stereocenters. The van der Waals surface area contributed by atoms with Gasteiger partial charge >= 0.3 is 0 Å². The molecule has 1 aromatic rings. The van der Waals surface area contributed by atoms with Gasteiger partial charge in [-0.25, -0.2) is 4.98 Å². The molecule has 0 bridgehead atoms. The lowest BCUT2D eigenvalue weighted by atomic mass is 10.2. The van der Waals surface area contributed by atoms with Crippen LogP contribution in [0.3, 0.4) is 0 Å². The maximum Gasteiger partial charge on any atom is 0.141 e. The molecule has 4 nitrogen and oxygen atoms in total. The summed E-state index contributed by atoms with van der Waals surface area (Å²) < 4.78 is 0. The lowest BCUT2D eigenvalue weighted by molar-refractivity contribution is 0.640. The van der Waals surface area contributed by atoms with Gasteiger partial charge in [0.1, 0.15) is 17.3 Å². The molecule has 3 N–H and O–H groups in total. The van der Waals surface area contributed by atoms with E-state index < -0.39 is 0 Å². The number of anilines is 1. The Morgan fingerprint density at radius 3 is 3.12 bits per heavy atom. The van der Waals surface area contributed by atoms with E-state index in [1.165, 1.54) is 12.8 Å². The third kappa shape index (κ3) is 2.01. The number of nitrogens with two attached hydrogens (primary N) is 1. The summed E-state index contributed by atoms with van der Waals surface area (Å²) >= 11 is 0. The maximum absolute atomic E-state index is 7.39. The van der Waals surface area contributed by atoms with Crippen molar-refractivity contribution in [3.05, 3.63) is 23.9 Å². The normalized spacial score (nSPS) is 20.1. The molecule has 1 aromatic heterocycles. The summed E-state index contributed by atoms with van der Waals surface area (Å²) in [6.45, 7) is 3.27. The summed E-state index contributed by atoms with van der Waals surface area (Å²) in [5, 5.41) is 7.39. The van der Waals surface area contributed by atoms with Crippen molar-refractivity contribution in [2.75, 3.05) is 11.4 Å². The molecule has 86 valence electrons. The van der Waals surface area contributed by atoms with E-state index in [1.54, 1.807) is 6.07 Å². The highest BCUT2D eigenvalue weighted by atomic mass is 15.2. The number of hydrogen-bond acceptors (Lipinski definition) is 3. The van der Waals surface area contributed by atoms with Crippen LogP contribution in [-0.2, 0) is 0 Å². The summed E-state index contributed by atoms with van der Waals surface area (Å²) in [5.41, 5.74) is 6.02. The molecule has 1 atom stereocenters. The van der Waals surface area contributed by atoms with Crippen molar-refractivity contribution >= 4 is 11.7 Å². The van der Waals surface area contributed by atoms with Crippen LogP contribution in [0.1, 0.15) is 31.9 Å². The molecule has 16 heavy (non-hydrogen) atoms. The summed E-state index contributed by atoms with van der Waals surface area (Å²) in [7, 11) is 0. The first kappa shape index (κ1) is 10.9. The Kier molecular flexibility index (Phi) is 3.08. The Morgan fingerprint density at radius 1 is 1.62 bits per heavy atom. The van der Waals surface area contributed by atoms with E-state index in [-0.39, 0.29) is 5.84 Å². The van der Waals surface area contributed by atoms with Gasteiger partial charge in [-0.3, -0.25) is 5.41 Å². The highest BCUT2D eigenvalue weighted by Crippen LogP contribution is 2.25. The minimum Gasteiger partial charge on any atom is -0.382 e. The predicted molar refractivity (Wildman–Crippen MR) is 65.9 cm³/mol. The van der Waals surface area contributed by atoms with E-state index in [0.29, 0.717) is 11.7 Å². The van der Waals surface area contributed by atoms with Gasteiger partial charge in [0.05, 0.1) is 0 Å². The number of aromatic nitrogens is 1. The second kappa shape index (κ2) is 4.51. The van der Waals surface area contributed by atoms with Crippen molar-refractivity contribution in [1.29, 1.82) is 5.41 Å². The first-order valence-electron chi connectivity index (χ1n) is 5.80. The molecule has 2 heterocycles. The number of amidine groups is 1. The van der Waals surface area contributed by atoms with Gasteiger partial charge in [0.2, 0.25) is 0 Å². The fourth-order valence-corrected chi connectivity index (χ4v) is 2.30. The van der Waals surface area contributed by atoms with E-state index in [9.17, 15) is 0 Å². The van der Waals surface area contributed by atoms with Crippen LogP contribution in [0, 0.1) is 5.41 Å². The number of pyridine rings is 1. The van der Waals surface area contributed by atoms with Crippen molar-refractivity contribution in [3.8, 4) is 0 Å².